The summed E-state index contributed by atoms with van der Waals surface area (Å²) in [6.07, 6.45) is -0.0182. The Balaban J connectivity index is 1.66. The molecule has 0 saturated carbocycles. The van der Waals surface area contributed by atoms with Crippen LogP contribution in [0.3, 0.4) is 0 Å². The lowest BCUT2D eigenvalue weighted by Gasteiger charge is -2.20. The monoisotopic (exact) mass is 399 g/mol. The van der Waals surface area contributed by atoms with E-state index in [4.69, 9.17) is 0 Å². The molecule has 0 amide bonds. The van der Waals surface area contributed by atoms with Crippen molar-refractivity contribution in [3.05, 3.63) is 71.2 Å². The summed E-state index contributed by atoms with van der Waals surface area (Å²) in [6, 6.07) is 11.8. The first-order chi connectivity index (χ1) is 13.9. The fourth-order valence-corrected chi connectivity index (χ4v) is 4.13. The second-order valence-corrected chi connectivity index (χ2v) is 7.80. The Hall–Kier alpha value is -2.60. The van der Waals surface area contributed by atoms with Gasteiger partial charge in [0.15, 0.2) is 0 Å². The van der Waals surface area contributed by atoms with Crippen LogP contribution >= 0.6 is 0 Å². The fourth-order valence-electron chi connectivity index (χ4n) is 4.13. The van der Waals surface area contributed by atoms with Crippen LogP contribution in [0.1, 0.15) is 48.4 Å². The standard InChI is InChI=1S/C23H24F3N3/c1-14(17-4-3-5-18(22(17)24)23(25)26)28-21-8-10-27-20-7-6-15(12-19(20)21)16-9-11-29(2)13-16/h3-8,10,12,14,16,23H,9,11,13H2,1-2H3,(H,27,28)/t14-,16?/m1/s1. The van der Waals surface area contributed by atoms with E-state index < -0.39 is 23.8 Å². The highest BCUT2D eigenvalue weighted by Gasteiger charge is 2.22. The van der Waals surface area contributed by atoms with E-state index >= 15 is 0 Å². The van der Waals surface area contributed by atoms with E-state index in [9.17, 15) is 13.2 Å². The van der Waals surface area contributed by atoms with Gasteiger partial charge in [-0.25, -0.2) is 13.2 Å². The number of hydrogen-bond donors (Lipinski definition) is 1. The SMILES string of the molecule is C[C@@H](Nc1ccnc2ccc(C3CCN(C)C3)cc12)c1cccc(C(F)F)c1F. The van der Waals surface area contributed by atoms with Crippen molar-refractivity contribution in [3.8, 4) is 0 Å². The number of halogens is 3. The summed E-state index contributed by atoms with van der Waals surface area (Å²) in [6.45, 7) is 3.88. The summed E-state index contributed by atoms with van der Waals surface area (Å²) >= 11 is 0. The Morgan fingerprint density at radius 1 is 1.14 bits per heavy atom. The highest BCUT2D eigenvalue weighted by Crippen LogP contribution is 2.33. The number of pyridine rings is 1. The predicted molar refractivity (Wildman–Crippen MR) is 110 cm³/mol. The molecule has 1 aliphatic rings. The number of rotatable bonds is 5. The van der Waals surface area contributed by atoms with Gasteiger partial charge in [0, 0.05) is 29.4 Å². The van der Waals surface area contributed by atoms with Crippen molar-refractivity contribution in [3.63, 3.8) is 0 Å². The quantitative estimate of drug-likeness (QED) is 0.579. The molecule has 29 heavy (non-hydrogen) atoms. The lowest BCUT2D eigenvalue weighted by molar-refractivity contribution is 0.146. The van der Waals surface area contributed by atoms with Gasteiger partial charge in [-0.1, -0.05) is 24.3 Å². The first-order valence-corrected chi connectivity index (χ1v) is 9.84. The van der Waals surface area contributed by atoms with Gasteiger partial charge in [0.05, 0.1) is 17.1 Å². The van der Waals surface area contributed by atoms with Crippen molar-refractivity contribution in [2.45, 2.75) is 31.7 Å². The molecule has 2 aromatic carbocycles. The van der Waals surface area contributed by atoms with Crippen molar-refractivity contribution in [1.29, 1.82) is 0 Å². The van der Waals surface area contributed by atoms with Gasteiger partial charge in [-0.3, -0.25) is 4.98 Å². The molecule has 2 heterocycles. The van der Waals surface area contributed by atoms with Crippen LogP contribution < -0.4 is 5.32 Å². The Morgan fingerprint density at radius 3 is 2.66 bits per heavy atom. The summed E-state index contributed by atoms with van der Waals surface area (Å²) < 4.78 is 40.7. The second kappa shape index (κ2) is 8.03. The molecule has 0 spiro atoms. The molecule has 6 heteroatoms. The van der Waals surface area contributed by atoms with Crippen LogP contribution in [0.4, 0.5) is 18.9 Å². The minimum absolute atomic E-state index is 0.223. The molecule has 2 atom stereocenters. The number of nitrogens with one attached hydrogen (secondary N) is 1. The minimum atomic E-state index is -2.84. The summed E-state index contributed by atoms with van der Waals surface area (Å²) in [4.78, 5) is 6.75. The number of fused-ring (bicyclic) bond motifs is 1. The minimum Gasteiger partial charge on any atom is -0.378 e. The molecule has 1 aliphatic heterocycles. The van der Waals surface area contributed by atoms with Crippen LogP contribution in [0.5, 0.6) is 0 Å². The van der Waals surface area contributed by atoms with Crippen LogP contribution in [0.15, 0.2) is 48.7 Å². The average Bonchev–Trinajstić information content (AvgIpc) is 3.14. The van der Waals surface area contributed by atoms with E-state index in [-0.39, 0.29) is 5.56 Å². The highest BCUT2D eigenvalue weighted by atomic mass is 19.3. The smallest absolute Gasteiger partial charge is 0.266 e. The summed E-state index contributed by atoms with van der Waals surface area (Å²) in [5.41, 5.74) is 2.58. The molecule has 1 aromatic heterocycles. The molecule has 3 nitrogen and oxygen atoms in total. The third-order valence-corrected chi connectivity index (χ3v) is 5.76. The number of hydrogen-bond acceptors (Lipinski definition) is 3. The summed E-state index contributed by atoms with van der Waals surface area (Å²) in [7, 11) is 2.12. The van der Waals surface area contributed by atoms with Crippen molar-refractivity contribution < 1.29 is 13.2 Å². The van der Waals surface area contributed by atoms with E-state index in [1.54, 1.807) is 19.2 Å². The van der Waals surface area contributed by atoms with Crippen LogP contribution in [-0.4, -0.2) is 30.0 Å². The van der Waals surface area contributed by atoms with E-state index in [0.29, 0.717) is 5.92 Å². The summed E-state index contributed by atoms with van der Waals surface area (Å²) in [5.74, 6) is -0.370. The molecular weight excluding hydrogens is 375 g/mol. The van der Waals surface area contributed by atoms with E-state index in [2.05, 4.69) is 34.4 Å². The van der Waals surface area contributed by atoms with Crippen LogP contribution in [0, 0.1) is 5.82 Å². The molecule has 1 fully saturated rings. The normalized spacial score (nSPS) is 18.5. The predicted octanol–water partition coefficient (Wildman–Crippen LogP) is 5.90. The Labute approximate surface area is 168 Å². The molecule has 0 radical (unpaired) electrons. The van der Waals surface area contributed by atoms with Crippen molar-refractivity contribution in [1.82, 2.24) is 9.88 Å². The fraction of sp³-hybridized carbons (Fsp3) is 0.348. The van der Waals surface area contributed by atoms with E-state index in [1.807, 2.05) is 12.1 Å². The number of benzene rings is 2. The number of nitrogens with zero attached hydrogens (tertiary/aromatic N) is 2. The molecule has 4 rings (SSSR count). The maximum atomic E-state index is 14.6. The van der Waals surface area contributed by atoms with Gasteiger partial charge in [0.1, 0.15) is 5.82 Å². The van der Waals surface area contributed by atoms with Crippen molar-refractivity contribution in [2.75, 3.05) is 25.5 Å². The van der Waals surface area contributed by atoms with E-state index in [1.165, 1.54) is 11.6 Å². The largest absolute Gasteiger partial charge is 0.378 e. The average molecular weight is 399 g/mol. The zero-order valence-electron chi connectivity index (χ0n) is 16.5. The van der Waals surface area contributed by atoms with Crippen molar-refractivity contribution in [2.24, 2.45) is 0 Å². The van der Waals surface area contributed by atoms with Crippen LogP contribution in [0.2, 0.25) is 0 Å². The highest BCUT2D eigenvalue weighted by molar-refractivity contribution is 5.91. The number of alkyl halides is 2. The molecule has 1 N–H and O–H groups in total. The molecule has 3 aromatic rings. The zero-order chi connectivity index (χ0) is 20.5. The van der Waals surface area contributed by atoms with Gasteiger partial charge in [-0.15, -0.1) is 0 Å². The van der Waals surface area contributed by atoms with Gasteiger partial charge >= 0.3 is 0 Å². The summed E-state index contributed by atoms with van der Waals surface area (Å²) in [5, 5.41) is 4.25. The number of likely N-dealkylation sites (N-methyl/N-ethyl adjacent to an activating group) is 1. The zero-order valence-corrected chi connectivity index (χ0v) is 16.5. The van der Waals surface area contributed by atoms with Gasteiger partial charge in [0.25, 0.3) is 6.43 Å². The topological polar surface area (TPSA) is 28.2 Å². The van der Waals surface area contributed by atoms with Crippen LogP contribution in [-0.2, 0) is 0 Å². The molecule has 152 valence electrons. The van der Waals surface area contributed by atoms with Gasteiger partial charge in [-0.05, 0) is 56.6 Å². The van der Waals surface area contributed by atoms with Crippen molar-refractivity contribution >= 4 is 16.6 Å². The number of likely N-dealkylation sites (tertiary alicyclic amines) is 1. The molecule has 1 unspecified atom stereocenters. The molecule has 1 saturated heterocycles. The number of aromatic nitrogens is 1. The maximum Gasteiger partial charge on any atom is 0.266 e. The van der Waals surface area contributed by atoms with Crippen LogP contribution in [0.25, 0.3) is 10.9 Å². The van der Waals surface area contributed by atoms with E-state index in [0.717, 1.165) is 42.2 Å². The Morgan fingerprint density at radius 2 is 1.93 bits per heavy atom. The molecule has 0 aliphatic carbocycles. The second-order valence-electron chi connectivity index (χ2n) is 7.80. The third-order valence-electron chi connectivity index (χ3n) is 5.76. The third kappa shape index (κ3) is 3.94. The Bertz CT molecular complexity index is 1020. The Kier molecular flexibility index (Phi) is 5.46. The lowest BCUT2D eigenvalue weighted by Crippen LogP contribution is -2.13. The maximum absolute atomic E-state index is 14.6. The molecule has 0 bridgehead atoms. The van der Waals surface area contributed by atoms with Gasteiger partial charge < -0.3 is 10.2 Å². The first kappa shape index (κ1) is 19.7. The van der Waals surface area contributed by atoms with Gasteiger partial charge in [-0.2, -0.15) is 0 Å². The van der Waals surface area contributed by atoms with Gasteiger partial charge in [0.2, 0.25) is 0 Å². The number of anilines is 1. The first-order valence-electron chi connectivity index (χ1n) is 9.84. The lowest BCUT2D eigenvalue weighted by atomic mass is 9.96. The molecular formula is C23H24F3N3.